The van der Waals surface area contributed by atoms with Crippen LogP contribution in [0.4, 0.5) is 11.5 Å². The molecule has 2 N–H and O–H groups in total. The Balaban J connectivity index is 1.47. The third-order valence-electron chi connectivity index (χ3n) is 4.60. The summed E-state index contributed by atoms with van der Waals surface area (Å²) in [5.74, 6) is -1.18. The van der Waals surface area contributed by atoms with Crippen LogP contribution in [0.2, 0.25) is 5.15 Å². The Kier molecular flexibility index (Phi) is 6.32. The molecule has 0 saturated heterocycles. The lowest BCUT2D eigenvalue weighted by Crippen LogP contribution is -2.31. The summed E-state index contributed by atoms with van der Waals surface area (Å²) in [7, 11) is -3.93. The van der Waals surface area contributed by atoms with E-state index in [2.05, 4.69) is 20.2 Å². The molecule has 0 saturated carbocycles. The Hall–Kier alpha value is -3.47. The Labute approximate surface area is 199 Å². The summed E-state index contributed by atoms with van der Waals surface area (Å²) in [5.41, 5.74) is 1.07. The smallest absolute Gasteiger partial charge is 0.279 e. The van der Waals surface area contributed by atoms with Gasteiger partial charge < -0.3 is 5.32 Å². The van der Waals surface area contributed by atoms with Crippen molar-refractivity contribution >= 4 is 56.5 Å². The summed E-state index contributed by atoms with van der Waals surface area (Å²) in [6.45, 7) is 0.0797. The molecule has 0 unspecified atom stereocenters. The van der Waals surface area contributed by atoms with Gasteiger partial charge in [0.1, 0.15) is 10.7 Å². The number of sulfonamides is 1. The normalized spacial score (nSPS) is 14.1. The van der Waals surface area contributed by atoms with Gasteiger partial charge in [0.25, 0.3) is 21.8 Å². The number of hydrogen-bond acceptors (Lipinski definition) is 7. The molecule has 0 spiro atoms. The lowest BCUT2D eigenvalue weighted by Gasteiger charge is -2.15. The van der Waals surface area contributed by atoms with Gasteiger partial charge in [-0.1, -0.05) is 53.5 Å². The molecule has 3 aromatic rings. The number of benzene rings is 2. The second kappa shape index (κ2) is 9.18. The van der Waals surface area contributed by atoms with Crippen molar-refractivity contribution in [2.75, 3.05) is 10.0 Å². The maximum Gasteiger partial charge on any atom is 0.279 e. The summed E-state index contributed by atoms with van der Waals surface area (Å²) in [6.07, 6.45) is 0. The van der Waals surface area contributed by atoms with E-state index < -0.39 is 21.8 Å². The number of hydrogen-bond donors (Lipinski definition) is 2. The number of nitrogens with one attached hydrogen (secondary N) is 2. The Morgan fingerprint density at radius 2 is 1.55 bits per heavy atom. The van der Waals surface area contributed by atoms with E-state index in [9.17, 15) is 18.0 Å². The van der Waals surface area contributed by atoms with Gasteiger partial charge >= 0.3 is 0 Å². The van der Waals surface area contributed by atoms with Crippen molar-refractivity contribution in [3.05, 3.63) is 88.2 Å². The number of anilines is 2. The third-order valence-corrected chi connectivity index (χ3v) is 6.52. The lowest BCUT2D eigenvalue weighted by atomic mass is 10.2. The van der Waals surface area contributed by atoms with Crippen molar-refractivity contribution in [1.29, 1.82) is 0 Å². The number of aromatic nitrogens is 2. The van der Waals surface area contributed by atoms with Crippen LogP contribution in [0.5, 0.6) is 0 Å². The average molecular weight is 504 g/mol. The van der Waals surface area contributed by atoms with Crippen molar-refractivity contribution in [2.45, 2.75) is 11.4 Å². The van der Waals surface area contributed by atoms with Crippen molar-refractivity contribution < 1.29 is 18.0 Å². The highest BCUT2D eigenvalue weighted by Crippen LogP contribution is 2.27. The van der Waals surface area contributed by atoms with E-state index >= 15 is 0 Å². The number of carbonyl (C=O) groups is 2. The molecule has 2 aromatic carbocycles. The van der Waals surface area contributed by atoms with Gasteiger partial charge in [0.05, 0.1) is 11.4 Å². The highest BCUT2D eigenvalue weighted by Gasteiger charge is 2.37. The number of imide groups is 1. The zero-order chi connectivity index (χ0) is 23.6. The summed E-state index contributed by atoms with van der Waals surface area (Å²) >= 11 is 11.8. The molecule has 0 aliphatic carbocycles. The summed E-state index contributed by atoms with van der Waals surface area (Å²) in [4.78, 5) is 26.2. The summed E-state index contributed by atoms with van der Waals surface area (Å²) < 4.78 is 27.4. The predicted molar refractivity (Wildman–Crippen MR) is 123 cm³/mol. The molecule has 12 heteroatoms. The minimum atomic E-state index is -3.93. The second-order valence-corrected chi connectivity index (χ2v) is 9.31. The molecule has 2 amide bonds. The topological polar surface area (TPSA) is 121 Å². The van der Waals surface area contributed by atoms with Gasteiger partial charge in [0.2, 0.25) is 0 Å². The first-order chi connectivity index (χ1) is 15.7. The van der Waals surface area contributed by atoms with Crippen LogP contribution in [0.1, 0.15) is 5.56 Å². The van der Waals surface area contributed by atoms with Gasteiger partial charge in [0.15, 0.2) is 11.0 Å². The molecule has 33 heavy (non-hydrogen) atoms. The standard InChI is InChI=1S/C21H15Cl2N5O4S/c22-16-10-11-17(26-25-16)27-33(31,32)15-8-6-14(7-9-15)24-19-18(23)20(29)28(21(19)30)12-13-4-2-1-3-5-13/h1-11,24H,12H2,(H,26,27). The van der Waals surface area contributed by atoms with E-state index in [-0.39, 0.29) is 33.1 Å². The molecule has 1 aliphatic rings. The first-order valence-corrected chi connectivity index (χ1v) is 11.7. The molecule has 0 bridgehead atoms. The van der Waals surface area contributed by atoms with Crippen LogP contribution in [0.25, 0.3) is 0 Å². The number of amides is 2. The monoisotopic (exact) mass is 503 g/mol. The molecule has 0 fully saturated rings. The van der Waals surface area contributed by atoms with Gasteiger partial charge in [-0.05, 0) is 42.0 Å². The van der Waals surface area contributed by atoms with Crippen LogP contribution in [0.3, 0.4) is 0 Å². The number of carbonyl (C=O) groups excluding carboxylic acids is 2. The fourth-order valence-corrected chi connectivity index (χ4v) is 4.32. The summed E-state index contributed by atoms with van der Waals surface area (Å²) in [5, 5.41) is 9.93. The molecule has 0 atom stereocenters. The van der Waals surface area contributed by atoms with Crippen molar-refractivity contribution in [2.24, 2.45) is 0 Å². The highest BCUT2D eigenvalue weighted by atomic mass is 35.5. The van der Waals surface area contributed by atoms with Crippen LogP contribution in [0, 0.1) is 0 Å². The SMILES string of the molecule is O=C1C(Cl)=C(Nc2ccc(S(=O)(=O)Nc3ccc(Cl)nn3)cc2)C(=O)N1Cc1ccccc1. The van der Waals surface area contributed by atoms with Crippen LogP contribution in [-0.2, 0) is 26.2 Å². The van der Waals surface area contributed by atoms with E-state index in [0.29, 0.717) is 5.69 Å². The lowest BCUT2D eigenvalue weighted by molar-refractivity contribution is -0.138. The summed E-state index contributed by atoms with van der Waals surface area (Å²) in [6, 6.07) is 17.3. The first kappa shape index (κ1) is 22.7. The number of halogens is 2. The zero-order valence-electron chi connectivity index (χ0n) is 16.7. The molecular formula is C21H15Cl2N5O4S. The van der Waals surface area contributed by atoms with Gasteiger partial charge in [-0.15, -0.1) is 10.2 Å². The van der Waals surface area contributed by atoms with E-state index in [4.69, 9.17) is 23.2 Å². The molecular weight excluding hydrogens is 489 g/mol. The minimum Gasteiger partial charge on any atom is -0.350 e. The third kappa shape index (κ3) is 4.98. The van der Waals surface area contributed by atoms with E-state index in [1.54, 1.807) is 24.3 Å². The first-order valence-electron chi connectivity index (χ1n) is 9.43. The molecule has 1 aromatic heterocycles. The highest BCUT2D eigenvalue weighted by molar-refractivity contribution is 7.92. The van der Waals surface area contributed by atoms with Gasteiger partial charge in [0, 0.05) is 5.69 Å². The van der Waals surface area contributed by atoms with Crippen LogP contribution in [0.15, 0.2) is 82.4 Å². The second-order valence-electron chi connectivity index (χ2n) is 6.87. The molecule has 9 nitrogen and oxygen atoms in total. The van der Waals surface area contributed by atoms with Gasteiger partial charge in [-0.2, -0.15) is 0 Å². The van der Waals surface area contributed by atoms with Crippen molar-refractivity contribution in [3.63, 3.8) is 0 Å². The van der Waals surface area contributed by atoms with Gasteiger partial charge in [-0.3, -0.25) is 19.2 Å². The maximum atomic E-state index is 12.8. The number of rotatable bonds is 7. The molecule has 2 heterocycles. The molecule has 168 valence electrons. The predicted octanol–water partition coefficient (Wildman–Crippen LogP) is 3.36. The molecule has 0 radical (unpaired) electrons. The van der Waals surface area contributed by atoms with Crippen molar-refractivity contribution in [3.8, 4) is 0 Å². The van der Waals surface area contributed by atoms with Crippen LogP contribution in [-0.4, -0.2) is 35.3 Å². The Morgan fingerprint density at radius 3 is 2.18 bits per heavy atom. The van der Waals surface area contributed by atoms with E-state index in [1.165, 1.54) is 36.4 Å². The van der Waals surface area contributed by atoms with E-state index in [1.807, 2.05) is 6.07 Å². The van der Waals surface area contributed by atoms with E-state index in [0.717, 1.165) is 10.5 Å². The average Bonchev–Trinajstić information content (AvgIpc) is 3.00. The zero-order valence-corrected chi connectivity index (χ0v) is 19.0. The van der Waals surface area contributed by atoms with Crippen LogP contribution >= 0.6 is 23.2 Å². The fourth-order valence-electron chi connectivity index (χ4n) is 2.99. The fraction of sp³-hybridized carbons (Fsp3) is 0.0476. The Bertz CT molecular complexity index is 1350. The largest absolute Gasteiger partial charge is 0.350 e. The van der Waals surface area contributed by atoms with Gasteiger partial charge in [-0.25, -0.2) is 8.42 Å². The maximum absolute atomic E-state index is 12.8. The van der Waals surface area contributed by atoms with Crippen molar-refractivity contribution in [1.82, 2.24) is 15.1 Å². The van der Waals surface area contributed by atoms with Crippen LogP contribution < -0.4 is 10.0 Å². The number of nitrogens with zero attached hydrogens (tertiary/aromatic N) is 3. The minimum absolute atomic E-state index is 0.00658. The quantitative estimate of drug-likeness (QED) is 0.474. The molecule has 4 rings (SSSR count). The molecule has 1 aliphatic heterocycles. The Morgan fingerprint density at radius 1 is 0.848 bits per heavy atom.